The Hall–Kier alpha value is -2.82. The molecule has 5 nitrogen and oxygen atoms in total. The van der Waals surface area contributed by atoms with E-state index in [0.29, 0.717) is 11.1 Å². The van der Waals surface area contributed by atoms with Gasteiger partial charge in [-0.15, -0.1) is 0 Å². The molecular formula is C19H22N2O3. The zero-order valence-corrected chi connectivity index (χ0v) is 14.7. The van der Waals surface area contributed by atoms with E-state index in [9.17, 15) is 9.59 Å². The van der Waals surface area contributed by atoms with Crippen molar-refractivity contribution in [2.24, 2.45) is 0 Å². The van der Waals surface area contributed by atoms with Gasteiger partial charge < -0.3 is 14.5 Å². The molecule has 24 heavy (non-hydrogen) atoms. The summed E-state index contributed by atoms with van der Waals surface area (Å²) in [6.45, 7) is 0. The molecule has 0 aliphatic rings. The van der Waals surface area contributed by atoms with Crippen molar-refractivity contribution >= 4 is 23.1 Å². The van der Waals surface area contributed by atoms with Crippen molar-refractivity contribution in [1.82, 2.24) is 0 Å². The van der Waals surface area contributed by atoms with Gasteiger partial charge in [-0.1, -0.05) is 0 Å². The molecule has 0 aromatic heterocycles. The van der Waals surface area contributed by atoms with Crippen molar-refractivity contribution in [3.63, 3.8) is 0 Å². The van der Waals surface area contributed by atoms with Gasteiger partial charge in [-0.2, -0.15) is 0 Å². The second kappa shape index (κ2) is 7.17. The highest BCUT2D eigenvalue weighted by Gasteiger charge is 2.20. The Labute approximate surface area is 142 Å². The van der Waals surface area contributed by atoms with Crippen LogP contribution in [0, 0.1) is 0 Å². The van der Waals surface area contributed by atoms with E-state index >= 15 is 0 Å². The Kier molecular flexibility index (Phi) is 5.24. The van der Waals surface area contributed by atoms with Gasteiger partial charge in [0.05, 0.1) is 12.7 Å². The highest BCUT2D eigenvalue weighted by atomic mass is 16.5. The molecule has 2 rings (SSSR count). The predicted octanol–water partition coefficient (Wildman–Crippen LogP) is 2.84. The van der Waals surface area contributed by atoms with Crippen LogP contribution in [0.3, 0.4) is 0 Å². The first-order chi connectivity index (χ1) is 11.3. The minimum absolute atomic E-state index is 0.203. The molecule has 0 unspecified atom stereocenters. The molecule has 0 fully saturated rings. The molecule has 0 heterocycles. The molecule has 0 aliphatic heterocycles. The first-order valence-electron chi connectivity index (χ1n) is 7.57. The van der Waals surface area contributed by atoms with E-state index in [1.54, 1.807) is 24.3 Å². The Morgan fingerprint density at radius 3 is 1.83 bits per heavy atom. The lowest BCUT2D eigenvalue weighted by Gasteiger charge is -2.16. The number of anilines is 2. The summed E-state index contributed by atoms with van der Waals surface area (Å²) in [7, 11) is 8.93. The second-order valence-electron chi connectivity index (χ2n) is 5.89. The van der Waals surface area contributed by atoms with Gasteiger partial charge in [-0.25, -0.2) is 4.79 Å². The maximum absolute atomic E-state index is 12.8. The number of carbonyl (C=O) groups is 2. The largest absolute Gasteiger partial charge is 0.465 e. The number of hydrogen-bond donors (Lipinski definition) is 0. The van der Waals surface area contributed by atoms with Gasteiger partial charge in [0.15, 0.2) is 5.78 Å². The van der Waals surface area contributed by atoms with Gasteiger partial charge in [0, 0.05) is 50.7 Å². The summed E-state index contributed by atoms with van der Waals surface area (Å²) >= 11 is 0. The maximum atomic E-state index is 12.8. The van der Waals surface area contributed by atoms with E-state index in [2.05, 4.69) is 0 Å². The molecule has 0 saturated carbocycles. The van der Waals surface area contributed by atoms with E-state index in [1.807, 2.05) is 56.2 Å². The number of ether oxygens (including phenoxy) is 1. The first kappa shape index (κ1) is 17.5. The normalized spacial score (nSPS) is 10.2. The summed E-state index contributed by atoms with van der Waals surface area (Å²) in [5, 5.41) is 0. The molecule has 0 amide bonds. The number of nitrogens with zero attached hydrogens (tertiary/aromatic N) is 2. The van der Waals surface area contributed by atoms with Gasteiger partial charge in [0.2, 0.25) is 0 Å². The van der Waals surface area contributed by atoms with Crippen LogP contribution in [-0.4, -0.2) is 47.1 Å². The van der Waals surface area contributed by atoms with Gasteiger partial charge >= 0.3 is 5.97 Å². The lowest BCUT2D eigenvalue weighted by Crippen LogP contribution is -2.15. The van der Waals surface area contributed by atoms with Gasteiger partial charge in [0.25, 0.3) is 0 Å². The number of ketones is 1. The number of hydrogen-bond acceptors (Lipinski definition) is 5. The van der Waals surface area contributed by atoms with Crippen LogP contribution in [0.4, 0.5) is 11.4 Å². The Balaban J connectivity index is 2.46. The lowest BCUT2D eigenvalue weighted by atomic mass is 9.97. The van der Waals surface area contributed by atoms with Crippen LogP contribution in [-0.2, 0) is 4.74 Å². The summed E-state index contributed by atoms with van der Waals surface area (Å²) in [6, 6.07) is 12.4. The smallest absolute Gasteiger partial charge is 0.338 e. The standard InChI is InChI=1S/C19H22N2O3/c1-20(2)14-8-6-13(7-9-14)18(22)16-11-10-15(21(3)4)12-17(16)19(23)24-5/h6-12H,1-5H3. The summed E-state index contributed by atoms with van der Waals surface area (Å²) in [5.74, 6) is -0.724. The van der Waals surface area contributed by atoms with Crippen molar-refractivity contribution in [3.05, 3.63) is 59.2 Å². The zero-order chi connectivity index (χ0) is 17.9. The monoisotopic (exact) mass is 326 g/mol. The first-order valence-corrected chi connectivity index (χ1v) is 7.57. The predicted molar refractivity (Wildman–Crippen MR) is 96.3 cm³/mol. The molecule has 0 saturated heterocycles. The molecule has 0 radical (unpaired) electrons. The third-order valence-electron chi connectivity index (χ3n) is 3.82. The third-order valence-corrected chi connectivity index (χ3v) is 3.82. The fourth-order valence-corrected chi connectivity index (χ4v) is 2.35. The molecule has 0 spiro atoms. The number of carbonyl (C=O) groups excluding carboxylic acids is 2. The molecule has 5 heteroatoms. The van der Waals surface area contributed by atoms with Crippen molar-refractivity contribution in [3.8, 4) is 0 Å². The molecule has 0 N–H and O–H groups in total. The van der Waals surface area contributed by atoms with E-state index in [4.69, 9.17) is 4.74 Å². The van der Waals surface area contributed by atoms with Crippen molar-refractivity contribution in [1.29, 1.82) is 0 Å². The number of benzene rings is 2. The molecule has 0 atom stereocenters. The van der Waals surface area contributed by atoms with Gasteiger partial charge in [-0.05, 0) is 42.5 Å². The fraction of sp³-hybridized carbons (Fsp3) is 0.263. The van der Waals surface area contributed by atoms with E-state index < -0.39 is 5.97 Å². The average Bonchev–Trinajstić information content (AvgIpc) is 2.59. The van der Waals surface area contributed by atoms with Crippen molar-refractivity contribution in [2.75, 3.05) is 45.1 Å². The molecule has 2 aromatic rings. The molecule has 126 valence electrons. The SMILES string of the molecule is COC(=O)c1cc(N(C)C)ccc1C(=O)c1ccc(N(C)C)cc1. The van der Waals surface area contributed by atoms with Crippen LogP contribution in [0.5, 0.6) is 0 Å². The fourth-order valence-electron chi connectivity index (χ4n) is 2.35. The van der Waals surface area contributed by atoms with Crippen LogP contribution >= 0.6 is 0 Å². The van der Waals surface area contributed by atoms with E-state index in [1.165, 1.54) is 7.11 Å². The molecular weight excluding hydrogens is 304 g/mol. The molecule has 2 aromatic carbocycles. The van der Waals surface area contributed by atoms with Crippen LogP contribution in [0.1, 0.15) is 26.3 Å². The third kappa shape index (κ3) is 3.56. The Morgan fingerprint density at radius 1 is 0.792 bits per heavy atom. The average molecular weight is 326 g/mol. The summed E-state index contributed by atoms with van der Waals surface area (Å²) in [4.78, 5) is 28.7. The Bertz CT molecular complexity index is 750. The summed E-state index contributed by atoms with van der Waals surface area (Å²) in [5.41, 5.74) is 2.97. The lowest BCUT2D eigenvalue weighted by molar-refractivity contribution is 0.0597. The minimum atomic E-state index is -0.521. The van der Waals surface area contributed by atoms with Gasteiger partial charge in [0.1, 0.15) is 0 Å². The second-order valence-corrected chi connectivity index (χ2v) is 5.89. The van der Waals surface area contributed by atoms with Crippen LogP contribution in [0.15, 0.2) is 42.5 Å². The summed E-state index contributed by atoms with van der Waals surface area (Å²) in [6.07, 6.45) is 0. The van der Waals surface area contributed by atoms with Crippen molar-refractivity contribution < 1.29 is 14.3 Å². The number of rotatable bonds is 5. The van der Waals surface area contributed by atoms with Crippen LogP contribution in [0.25, 0.3) is 0 Å². The topological polar surface area (TPSA) is 49.9 Å². The van der Waals surface area contributed by atoms with E-state index in [0.717, 1.165) is 11.4 Å². The summed E-state index contributed by atoms with van der Waals surface area (Å²) < 4.78 is 4.83. The molecule has 0 bridgehead atoms. The minimum Gasteiger partial charge on any atom is -0.465 e. The van der Waals surface area contributed by atoms with Crippen molar-refractivity contribution in [2.45, 2.75) is 0 Å². The zero-order valence-electron chi connectivity index (χ0n) is 14.7. The number of methoxy groups -OCH3 is 1. The van der Waals surface area contributed by atoms with Crippen LogP contribution < -0.4 is 9.80 Å². The Morgan fingerprint density at radius 2 is 1.33 bits per heavy atom. The highest BCUT2D eigenvalue weighted by Crippen LogP contribution is 2.23. The molecule has 0 aliphatic carbocycles. The van der Waals surface area contributed by atoms with Gasteiger partial charge in [-0.3, -0.25) is 4.79 Å². The van der Waals surface area contributed by atoms with E-state index in [-0.39, 0.29) is 11.3 Å². The highest BCUT2D eigenvalue weighted by molar-refractivity contribution is 6.14. The quantitative estimate of drug-likeness (QED) is 0.625. The number of esters is 1. The maximum Gasteiger partial charge on any atom is 0.338 e. The van der Waals surface area contributed by atoms with Crippen LogP contribution in [0.2, 0.25) is 0 Å².